The van der Waals surface area contributed by atoms with Crippen molar-refractivity contribution in [3.05, 3.63) is 47.5 Å². The number of anilines is 1. The second-order valence-electron chi connectivity index (χ2n) is 8.56. The monoisotopic (exact) mass is 467 g/mol. The molecular formula is C26H33N3O5. The van der Waals surface area contributed by atoms with Crippen molar-refractivity contribution < 1.29 is 23.8 Å². The van der Waals surface area contributed by atoms with E-state index in [-0.39, 0.29) is 11.8 Å². The van der Waals surface area contributed by atoms with Gasteiger partial charge in [0.1, 0.15) is 6.04 Å². The lowest BCUT2D eigenvalue weighted by molar-refractivity contribution is -0.136. The predicted molar refractivity (Wildman–Crippen MR) is 130 cm³/mol. The first-order chi connectivity index (χ1) is 16.5. The normalized spacial score (nSPS) is 17.9. The molecule has 182 valence electrons. The molecule has 0 spiro atoms. The Hall–Kier alpha value is -3.26. The second kappa shape index (κ2) is 10.3. The molecule has 2 amide bonds. The zero-order chi connectivity index (χ0) is 24.2. The fourth-order valence-electron chi connectivity index (χ4n) is 4.93. The van der Waals surface area contributed by atoms with Crippen LogP contribution in [0.3, 0.4) is 0 Å². The van der Waals surface area contributed by atoms with Crippen molar-refractivity contribution in [1.29, 1.82) is 0 Å². The summed E-state index contributed by atoms with van der Waals surface area (Å²) in [6.07, 6.45) is 0.947. The summed E-state index contributed by atoms with van der Waals surface area (Å²) < 4.78 is 16.5. The molecule has 2 heterocycles. The van der Waals surface area contributed by atoms with Crippen LogP contribution in [0.15, 0.2) is 36.4 Å². The molecule has 0 aromatic heterocycles. The number of rotatable bonds is 7. The molecule has 0 aliphatic carbocycles. The first-order valence-electron chi connectivity index (χ1n) is 11.7. The summed E-state index contributed by atoms with van der Waals surface area (Å²) in [7, 11) is 4.83. The second-order valence-corrected chi connectivity index (χ2v) is 8.56. The summed E-state index contributed by atoms with van der Waals surface area (Å²) in [6, 6.07) is 11.2. The first-order valence-corrected chi connectivity index (χ1v) is 11.7. The molecule has 2 aliphatic heterocycles. The van der Waals surface area contributed by atoms with Gasteiger partial charge >= 0.3 is 0 Å². The zero-order valence-corrected chi connectivity index (χ0v) is 20.4. The van der Waals surface area contributed by atoms with E-state index in [1.807, 2.05) is 48.2 Å². The van der Waals surface area contributed by atoms with Crippen LogP contribution in [-0.2, 0) is 22.6 Å². The van der Waals surface area contributed by atoms with Gasteiger partial charge in [-0.1, -0.05) is 31.2 Å². The summed E-state index contributed by atoms with van der Waals surface area (Å²) in [6.45, 7) is 5.24. The van der Waals surface area contributed by atoms with Crippen molar-refractivity contribution in [2.75, 3.05) is 52.4 Å². The Kier molecular flexibility index (Phi) is 7.26. The molecular weight excluding hydrogens is 434 g/mol. The van der Waals surface area contributed by atoms with Crippen LogP contribution in [0.4, 0.5) is 5.69 Å². The van der Waals surface area contributed by atoms with E-state index in [9.17, 15) is 9.59 Å². The standard InChI is InChI=1S/C26H33N3O5/c1-5-23(30)29-20-9-7-6-8-18(20)16-21(29)26(31)28-14-12-27(13-15-28)17-19-10-11-22(32-2)25(34-4)24(19)33-3/h6-11,21H,5,12-17H2,1-4H3. The van der Waals surface area contributed by atoms with Gasteiger partial charge in [0.2, 0.25) is 17.6 Å². The molecule has 0 radical (unpaired) electrons. The lowest BCUT2D eigenvalue weighted by Gasteiger charge is -2.37. The number of methoxy groups -OCH3 is 3. The minimum absolute atomic E-state index is 0.0116. The Morgan fingerprint density at radius 3 is 2.26 bits per heavy atom. The molecule has 34 heavy (non-hydrogen) atoms. The van der Waals surface area contributed by atoms with Gasteiger partial charge in [-0.15, -0.1) is 0 Å². The smallest absolute Gasteiger partial charge is 0.246 e. The molecule has 1 atom stereocenters. The molecule has 2 aliphatic rings. The van der Waals surface area contributed by atoms with Crippen LogP contribution >= 0.6 is 0 Å². The highest BCUT2D eigenvalue weighted by atomic mass is 16.5. The van der Waals surface area contributed by atoms with Gasteiger partial charge in [-0.05, 0) is 17.7 Å². The van der Waals surface area contributed by atoms with E-state index in [1.54, 1.807) is 26.2 Å². The minimum Gasteiger partial charge on any atom is -0.493 e. The molecule has 0 N–H and O–H groups in total. The summed E-state index contributed by atoms with van der Waals surface area (Å²) in [5.41, 5.74) is 2.93. The molecule has 8 heteroatoms. The van der Waals surface area contributed by atoms with Crippen LogP contribution in [0, 0.1) is 0 Å². The van der Waals surface area contributed by atoms with E-state index in [0.29, 0.717) is 49.7 Å². The number of benzene rings is 2. The fourth-order valence-corrected chi connectivity index (χ4v) is 4.93. The zero-order valence-electron chi connectivity index (χ0n) is 20.4. The Morgan fingerprint density at radius 2 is 1.62 bits per heavy atom. The summed E-state index contributed by atoms with van der Waals surface area (Å²) in [5, 5.41) is 0. The Bertz CT molecular complexity index is 1050. The Balaban J connectivity index is 1.43. The van der Waals surface area contributed by atoms with Crippen LogP contribution in [-0.4, -0.2) is 75.2 Å². The third kappa shape index (κ3) is 4.42. The highest BCUT2D eigenvalue weighted by Crippen LogP contribution is 2.40. The van der Waals surface area contributed by atoms with Gasteiger partial charge in [-0.2, -0.15) is 0 Å². The van der Waals surface area contributed by atoms with Gasteiger partial charge < -0.3 is 19.1 Å². The molecule has 4 rings (SSSR count). The third-order valence-electron chi connectivity index (χ3n) is 6.70. The van der Waals surface area contributed by atoms with Gasteiger partial charge in [0, 0.05) is 56.8 Å². The van der Waals surface area contributed by atoms with Crippen LogP contribution in [0.1, 0.15) is 24.5 Å². The van der Waals surface area contributed by atoms with Crippen molar-refractivity contribution in [2.24, 2.45) is 0 Å². The number of hydrogen-bond acceptors (Lipinski definition) is 6. The Labute approximate surface area is 201 Å². The highest BCUT2D eigenvalue weighted by Gasteiger charge is 2.40. The molecule has 2 aromatic rings. The largest absolute Gasteiger partial charge is 0.493 e. The topological polar surface area (TPSA) is 71.6 Å². The number of nitrogens with zero attached hydrogens (tertiary/aromatic N) is 3. The van der Waals surface area contributed by atoms with E-state index in [0.717, 1.165) is 29.9 Å². The summed E-state index contributed by atoms with van der Waals surface area (Å²) >= 11 is 0. The lowest BCUT2D eigenvalue weighted by Crippen LogP contribution is -2.55. The number of hydrogen-bond donors (Lipinski definition) is 0. The maximum atomic E-state index is 13.5. The quantitative estimate of drug-likeness (QED) is 0.624. The van der Waals surface area contributed by atoms with Crippen LogP contribution in [0.25, 0.3) is 0 Å². The number of amides is 2. The lowest BCUT2D eigenvalue weighted by atomic mass is 10.1. The van der Waals surface area contributed by atoms with Crippen molar-refractivity contribution in [2.45, 2.75) is 32.4 Å². The predicted octanol–water partition coefficient (Wildman–Crippen LogP) is 2.72. The highest BCUT2D eigenvalue weighted by molar-refractivity contribution is 6.03. The van der Waals surface area contributed by atoms with Crippen molar-refractivity contribution >= 4 is 17.5 Å². The SMILES string of the molecule is CCC(=O)N1c2ccccc2CC1C(=O)N1CCN(Cc2ccc(OC)c(OC)c2OC)CC1. The van der Waals surface area contributed by atoms with Gasteiger partial charge in [0.05, 0.1) is 21.3 Å². The van der Waals surface area contributed by atoms with Crippen LogP contribution < -0.4 is 19.1 Å². The summed E-state index contributed by atoms with van der Waals surface area (Å²) in [5.74, 6) is 1.89. The molecule has 1 saturated heterocycles. The fraction of sp³-hybridized carbons (Fsp3) is 0.462. The first kappa shape index (κ1) is 23.9. The van der Waals surface area contributed by atoms with E-state index in [4.69, 9.17) is 14.2 Å². The Morgan fingerprint density at radius 1 is 0.912 bits per heavy atom. The summed E-state index contributed by atoms with van der Waals surface area (Å²) in [4.78, 5) is 32.1. The van der Waals surface area contributed by atoms with Crippen molar-refractivity contribution in [1.82, 2.24) is 9.80 Å². The molecule has 1 unspecified atom stereocenters. The molecule has 2 aromatic carbocycles. The average Bonchev–Trinajstić information content (AvgIpc) is 3.27. The van der Waals surface area contributed by atoms with Crippen LogP contribution in [0.5, 0.6) is 17.2 Å². The van der Waals surface area contributed by atoms with E-state index < -0.39 is 6.04 Å². The van der Waals surface area contributed by atoms with E-state index in [2.05, 4.69) is 4.90 Å². The van der Waals surface area contributed by atoms with E-state index in [1.165, 1.54) is 0 Å². The van der Waals surface area contributed by atoms with Crippen molar-refractivity contribution in [3.63, 3.8) is 0 Å². The van der Waals surface area contributed by atoms with Gasteiger partial charge in [-0.25, -0.2) is 0 Å². The number of carbonyl (C=O) groups is 2. The van der Waals surface area contributed by atoms with Gasteiger partial charge in [0.25, 0.3) is 0 Å². The molecule has 0 bridgehead atoms. The third-order valence-corrected chi connectivity index (χ3v) is 6.70. The average molecular weight is 468 g/mol. The molecule has 0 saturated carbocycles. The number of piperazine rings is 1. The number of carbonyl (C=O) groups excluding carboxylic acids is 2. The van der Waals surface area contributed by atoms with Crippen molar-refractivity contribution in [3.8, 4) is 17.2 Å². The van der Waals surface area contributed by atoms with E-state index >= 15 is 0 Å². The molecule has 1 fully saturated rings. The van der Waals surface area contributed by atoms with Crippen LogP contribution in [0.2, 0.25) is 0 Å². The van der Waals surface area contributed by atoms with Gasteiger partial charge in [0.15, 0.2) is 11.5 Å². The molecule has 8 nitrogen and oxygen atoms in total. The minimum atomic E-state index is -0.456. The number of fused-ring (bicyclic) bond motifs is 1. The maximum Gasteiger partial charge on any atom is 0.246 e. The number of para-hydroxylation sites is 1. The van der Waals surface area contributed by atoms with Gasteiger partial charge in [-0.3, -0.25) is 19.4 Å². The maximum absolute atomic E-state index is 13.5. The number of ether oxygens (including phenoxy) is 3.